The zero-order chi connectivity index (χ0) is 22.3. The molecule has 162 valence electrons. The molecule has 1 aliphatic heterocycles. The number of piperazine rings is 1. The van der Waals surface area contributed by atoms with Crippen LogP contribution >= 0.6 is 0 Å². The van der Waals surface area contributed by atoms with Crippen LogP contribution in [0.15, 0.2) is 39.8 Å². The van der Waals surface area contributed by atoms with E-state index < -0.39 is 29.1 Å². The van der Waals surface area contributed by atoms with E-state index in [-0.39, 0.29) is 54.2 Å². The van der Waals surface area contributed by atoms with Gasteiger partial charge in [0.15, 0.2) is 0 Å². The maximum atomic E-state index is 13.0. The third-order valence-corrected chi connectivity index (χ3v) is 5.18. The van der Waals surface area contributed by atoms with Crippen molar-refractivity contribution in [2.75, 3.05) is 26.2 Å². The zero-order valence-electron chi connectivity index (χ0n) is 16.3. The van der Waals surface area contributed by atoms with Crippen molar-refractivity contribution in [1.29, 1.82) is 0 Å². The lowest BCUT2D eigenvalue weighted by Crippen LogP contribution is -2.50. The van der Waals surface area contributed by atoms with E-state index in [1.165, 1.54) is 28.3 Å². The summed E-state index contributed by atoms with van der Waals surface area (Å²) in [6.45, 7) is 2.16. The van der Waals surface area contributed by atoms with E-state index in [9.17, 15) is 27.6 Å². The van der Waals surface area contributed by atoms with Crippen molar-refractivity contribution in [2.24, 2.45) is 0 Å². The number of carbonyl (C=O) groups excluding carboxylic acids is 2. The highest BCUT2D eigenvalue weighted by Gasteiger charge is 2.33. The molecule has 1 saturated heterocycles. The van der Waals surface area contributed by atoms with Crippen molar-refractivity contribution in [3.8, 4) is 0 Å². The van der Waals surface area contributed by atoms with Crippen LogP contribution in [0.5, 0.6) is 0 Å². The molecule has 8 nitrogen and oxygen atoms in total. The number of fused-ring (bicyclic) bond motifs is 1. The number of aromatic amines is 1. The summed E-state index contributed by atoms with van der Waals surface area (Å²) in [5.74, 6) is -0.712. The van der Waals surface area contributed by atoms with E-state index in [1.54, 1.807) is 6.92 Å². The second-order valence-electron chi connectivity index (χ2n) is 7.11. The van der Waals surface area contributed by atoms with Crippen molar-refractivity contribution in [3.63, 3.8) is 0 Å². The Morgan fingerprint density at radius 3 is 2.39 bits per heavy atom. The average Bonchev–Trinajstić information content (AvgIpc) is 3.09. The number of hydrogen-bond acceptors (Lipinski definition) is 5. The molecule has 2 aromatic heterocycles. The Morgan fingerprint density at radius 1 is 1.10 bits per heavy atom. The standard InChI is InChI=1S/C20H17F3N4O4/c1-11-14(15-16(28)24-10-25-17(15)31-11)19(30)27-7-5-26(6-8-27)18(29)12-3-2-4-13(9-12)20(21,22)23/h2-4,9-10H,5-8H2,1H3,(H,24,25,28). The van der Waals surface area contributed by atoms with Gasteiger partial charge in [0, 0.05) is 31.7 Å². The number of benzene rings is 1. The van der Waals surface area contributed by atoms with Crippen LogP contribution in [0.2, 0.25) is 0 Å². The SMILES string of the molecule is Cc1oc2nc[nH]c(=O)c2c1C(=O)N1CCN(C(=O)c2cccc(C(F)(F)F)c2)CC1. The Bertz CT molecular complexity index is 1220. The summed E-state index contributed by atoms with van der Waals surface area (Å²) in [7, 11) is 0. The van der Waals surface area contributed by atoms with Crippen LogP contribution in [-0.2, 0) is 6.18 Å². The van der Waals surface area contributed by atoms with Gasteiger partial charge >= 0.3 is 6.18 Å². The highest BCUT2D eigenvalue weighted by Crippen LogP contribution is 2.30. The van der Waals surface area contributed by atoms with Crippen molar-refractivity contribution >= 4 is 22.9 Å². The third kappa shape index (κ3) is 3.78. The van der Waals surface area contributed by atoms with Crippen LogP contribution in [0.25, 0.3) is 11.1 Å². The molecular weight excluding hydrogens is 417 g/mol. The molecule has 0 unspecified atom stereocenters. The summed E-state index contributed by atoms with van der Waals surface area (Å²) in [6.07, 6.45) is -3.36. The average molecular weight is 434 g/mol. The predicted molar refractivity (Wildman–Crippen MR) is 103 cm³/mol. The molecule has 4 rings (SSSR count). The summed E-state index contributed by atoms with van der Waals surface area (Å²) >= 11 is 0. The number of alkyl halides is 3. The molecule has 1 aromatic carbocycles. The molecule has 0 aliphatic carbocycles. The Labute approximate surface area is 173 Å². The van der Waals surface area contributed by atoms with Crippen molar-refractivity contribution < 1.29 is 27.2 Å². The number of rotatable bonds is 2. The third-order valence-electron chi connectivity index (χ3n) is 5.18. The lowest BCUT2D eigenvalue weighted by molar-refractivity contribution is -0.137. The number of hydrogen-bond donors (Lipinski definition) is 1. The predicted octanol–water partition coefficient (Wildman–Crippen LogP) is 2.44. The highest BCUT2D eigenvalue weighted by molar-refractivity contribution is 6.06. The van der Waals surface area contributed by atoms with Crippen molar-refractivity contribution in [3.05, 3.63) is 63.4 Å². The zero-order valence-corrected chi connectivity index (χ0v) is 16.3. The summed E-state index contributed by atoms with van der Waals surface area (Å²) in [5, 5.41) is 0.0625. The maximum Gasteiger partial charge on any atom is 0.416 e. The van der Waals surface area contributed by atoms with Gasteiger partial charge in [0.2, 0.25) is 5.71 Å². The van der Waals surface area contributed by atoms with Crippen molar-refractivity contribution in [1.82, 2.24) is 19.8 Å². The molecule has 2 amide bonds. The fraction of sp³-hybridized carbons (Fsp3) is 0.300. The van der Waals surface area contributed by atoms with Crippen LogP contribution in [0.3, 0.4) is 0 Å². The van der Waals surface area contributed by atoms with Gasteiger partial charge in [0.1, 0.15) is 11.1 Å². The van der Waals surface area contributed by atoms with E-state index in [4.69, 9.17) is 4.42 Å². The van der Waals surface area contributed by atoms with Gasteiger partial charge in [-0.3, -0.25) is 14.4 Å². The number of H-pyrrole nitrogens is 1. The number of nitrogens with zero attached hydrogens (tertiary/aromatic N) is 3. The molecular formula is C20H17F3N4O4. The van der Waals surface area contributed by atoms with Gasteiger partial charge in [0.05, 0.1) is 17.5 Å². The maximum absolute atomic E-state index is 13.0. The van der Waals surface area contributed by atoms with Gasteiger partial charge in [-0.2, -0.15) is 13.2 Å². The van der Waals surface area contributed by atoms with Gasteiger partial charge < -0.3 is 19.2 Å². The largest absolute Gasteiger partial charge is 0.442 e. The fourth-order valence-corrected chi connectivity index (χ4v) is 3.59. The monoisotopic (exact) mass is 434 g/mol. The van der Waals surface area contributed by atoms with E-state index in [2.05, 4.69) is 9.97 Å². The Morgan fingerprint density at radius 2 is 1.74 bits per heavy atom. The molecule has 0 radical (unpaired) electrons. The van der Waals surface area contributed by atoms with Crippen LogP contribution in [0.1, 0.15) is 32.0 Å². The van der Waals surface area contributed by atoms with Crippen LogP contribution in [-0.4, -0.2) is 57.8 Å². The lowest BCUT2D eigenvalue weighted by atomic mass is 10.1. The normalized spacial score (nSPS) is 14.8. The number of amides is 2. The van der Waals surface area contributed by atoms with Gasteiger partial charge in [-0.05, 0) is 25.1 Å². The number of furan rings is 1. The molecule has 3 heterocycles. The number of nitrogens with one attached hydrogen (secondary N) is 1. The molecule has 0 atom stereocenters. The van der Waals surface area contributed by atoms with Gasteiger partial charge in [0.25, 0.3) is 17.4 Å². The molecule has 0 spiro atoms. The van der Waals surface area contributed by atoms with Crippen LogP contribution < -0.4 is 5.56 Å². The van der Waals surface area contributed by atoms with E-state index in [1.807, 2.05) is 0 Å². The minimum absolute atomic E-state index is 0.0583. The Kier molecular flexibility index (Phi) is 5.03. The second-order valence-corrected chi connectivity index (χ2v) is 7.11. The Balaban J connectivity index is 1.50. The molecule has 3 aromatic rings. The minimum atomic E-state index is -4.54. The van der Waals surface area contributed by atoms with E-state index >= 15 is 0 Å². The number of aromatic nitrogens is 2. The van der Waals surface area contributed by atoms with E-state index in [0.29, 0.717) is 0 Å². The molecule has 0 saturated carbocycles. The first kappa shape index (κ1) is 20.6. The summed E-state index contributed by atoms with van der Waals surface area (Å²) in [6, 6.07) is 4.24. The first-order valence-corrected chi connectivity index (χ1v) is 9.39. The number of carbonyl (C=O) groups is 2. The molecule has 0 bridgehead atoms. The molecule has 11 heteroatoms. The topological polar surface area (TPSA) is 99.5 Å². The molecule has 1 aliphatic rings. The summed E-state index contributed by atoms with van der Waals surface area (Å²) < 4.78 is 44.2. The first-order valence-electron chi connectivity index (χ1n) is 9.39. The quantitative estimate of drug-likeness (QED) is 0.668. The fourth-order valence-electron chi connectivity index (χ4n) is 3.59. The molecule has 31 heavy (non-hydrogen) atoms. The summed E-state index contributed by atoms with van der Waals surface area (Å²) in [4.78, 5) is 47.0. The number of aryl methyl sites for hydroxylation is 1. The first-order chi connectivity index (χ1) is 14.7. The minimum Gasteiger partial charge on any atom is -0.442 e. The van der Waals surface area contributed by atoms with Crippen molar-refractivity contribution in [2.45, 2.75) is 13.1 Å². The second kappa shape index (κ2) is 7.56. The Hall–Kier alpha value is -3.63. The highest BCUT2D eigenvalue weighted by atomic mass is 19.4. The van der Waals surface area contributed by atoms with Crippen LogP contribution in [0.4, 0.5) is 13.2 Å². The van der Waals surface area contributed by atoms with Gasteiger partial charge in [-0.25, -0.2) is 4.98 Å². The molecule has 1 fully saturated rings. The molecule has 1 N–H and O–H groups in total. The van der Waals surface area contributed by atoms with Gasteiger partial charge in [-0.15, -0.1) is 0 Å². The van der Waals surface area contributed by atoms with Gasteiger partial charge in [-0.1, -0.05) is 6.07 Å². The number of halogens is 3. The van der Waals surface area contributed by atoms with Crippen LogP contribution in [0, 0.1) is 6.92 Å². The summed E-state index contributed by atoms with van der Waals surface area (Å²) in [5.41, 5.74) is -1.29. The lowest BCUT2D eigenvalue weighted by Gasteiger charge is -2.34. The van der Waals surface area contributed by atoms with E-state index in [0.717, 1.165) is 12.1 Å². The smallest absolute Gasteiger partial charge is 0.416 e.